The van der Waals surface area contributed by atoms with Crippen molar-refractivity contribution in [3.63, 3.8) is 0 Å². The van der Waals surface area contributed by atoms with Crippen LogP contribution in [0.15, 0.2) is 10.9 Å². The van der Waals surface area contributed by atoms with Crippen LogP contribution in [0.4, 0.5) is 0 Å². The van der Waals surface area contributed by atoms with Crippen LogP contribution < -0.4 is 5.43 Å². The quantitative estimate of drug-likeness (QED) is 0.683. The van der Waals surface area contributed by atoms with Crippen molar-refractivity contribution in [3.8, 4) is 5.75 Å². The lowest BCUT2D eigenvalue weighted by Gasteiger charge is -2.23. The first-order valence-electron chi connectivity index (χ1n) is 7.80. The Morgan fingerprint density at radius 2 is 1.86 bits per heavy atom. The summed E-state index contributed by atoms with van der Waals surface area (Å²) in [4.78, 5) is 14.0. The lowest BCUT2D eigenvalue weighted by atomic mass is 10.2. The van der Waals surface area contributed by atoms with Gasteiger partial charge in [0.05, 0.1) is 5.69 Å². The van der Waals surface area contributed by atoms with Crippen LogP contribution in [-0.2, 0) is 13.1 Å². The first-order chi connectivity index (χ1) is 10.0. The maximum atomic E-state index is 11.8. The van der Waals surface area contributed by atoms with Gasteiger partial charge in [-0.2, -0.15) is 0 Å². The fraction of sp³-hybridized carbons (Fsp3) is 0.688. The molecule has 1 rings (SSSR count). The number of hydrogen-bond donors (Lipinski definition) is 2. The fourth-order valence-electron chi connectivity index (χ4n) is 2.51. The minimum atomic E-state index is -0.304. The summed E-state index contributed by atoms with van der Waals surface area (Å²) in [5.74, 6) is -0.130. The van der Waals surface area contributed by atoms with E-state index in [-0.39, 0.29) is 17.8 Å². The van der Waals surface area contributed by atoms with Crippen LogP contribution in [0.2, 0.25) is 0 Å². The van der Waals surface area contributed by atoms with Crippen molar-refractivity contribution in [3.05, 3.63) is 27.7 Å². The summed E-state index contributed by atoms with van der Waals surface area (Å²) in [6.45, 7) is 9.34. The zero-order chi connectivity index (χ0) is 15.8. The molecule has 5 heteroatoms. The molecule has 2 N–H and O–H groups in total. The highest BCUT2D eigenvalue weighted by Crippen LogP contribution is 2.18. The first kappa shape index (κ1) is 17.7. The van der Waals surface area contributed by atoms with Gasteiger partial charge >= 0.3 is 0 Å². The van der Waals surface area contributed by atoms with Crippen LogP contribution in [0, 0.1) is 6.92 Å². The number of aromatic nitrogens is 1. The number of aryl methyl sites for hydroxylation is 1. The maximum absolute atomic E-state index is 11.8. The van der Waals surface area contributed by atoms with E-state index in [1.54, 1.807) is 0 Å². The van der Waals surface area contributed by atoms with E-state index >= 15 is 0 Å². The van der Waals surface area contributed by atoms with Crippen molar-refractivity contribution in [2.45, 2.75) is 53.1 Å². The second-order valence-electron chi connectivity index (χ2n) is 5.34. The van der Waals surface area contributed by atoms with Crippen LogP contribution in [0.3, 0.4) is 0 Å². The Morgan fingerprint density at radius 3 is 2.43 bits per heavy atom. The molecule has 0 aromatic carbocycles. The molecule has 0 spiro atoms. The van der Waals surface area contributed by atoms with Crippen LogP contribution in [0.1, 0.15) is 44.5 Å². The number of aliphatic hydroxyl groups is 1. The highest BCUT2D eigenvalue weighted by molar-refractivity contribution is 5.29. The number of nitrogens with zero attached hydrogens (tertiary/aromatic N) is 2. The van der Waals surface area contributed by atoms with Crippen molar-refractivity contribution < 1.29 is 10.2 Å². The molecule has 0 unspecified atom stereocenters. The van der Waals surface area contributed by atoms with E-state index in [9.17, 15) is 9.90 Å². The summed E-state index contributed by atoms with van der Waals surface area (Å²) in [5.41, 5.74) is 1.28. The minimum absolute atomic E-state index is 0.130. The van der Waals surface area contributed by atoms with Crippen LogP contribution >= 0.6 is 0 Å². The Labute approximate surface area is 126 Å². The molecule has 5 nitrogen and oxygen atoms in total. The summed E-state index contributed by atoms with van der Waals surface area (Å²) in [7, 11) is 0. The smallest absolute Gasteiger partial charge is 0.223 e. The largest absolute Gasteiger partial charge is 0.503 e. The summed E-state index contributed by atoms with van der Waals surface area (Å²) in [6.07, 6.45) is 2.65. The molecule has 0 aliphatic carbocycles. The molecular formula is C16H28N2O3. The Hall–Kier alpha value is -1.33. The molecule has 1 aromatic heterocycles. The number of pyridine rings is 1. The average Bonchev–Trinajstić information content (AvgIpc) is 2.47. The zero-order valence-electron chi connectivity index (χ0n) is 13.4. The predicted octanol–water partition coefficient (Wildman–Crippen LogP) is 1.87. The maximum Gasteiger partial charge on any atom is 0.223 e. The van der Waals surface area contributed by atoms with Crippen LogP contribution in [0.25, 0.3) is 0 Å². The van der Waals surface area contributed by atoms with Gasteiger partial charge in [0.25, 0.3) is 0 Å². The number of rotatable bonds is 9. The minimum Gasteiger partial charge on any atom is -0.503 e. The predicted molar refractivity (Wildman–Crippen MR) is 84.7 cm³/mol. The topological polar surface area (TPSA) is 65.7 Å². The van der Waals surface area contributed by atoms with Crippen LogP contribution in [0.5, 0.6) is 5.75 Å². The van der Waals surface area contributed by atoms with E-state index in [0.29, 0.717) is 12.2 Å². The van der Waals surface area contributed by atoms with E-state index in [1.165, 1.54) is 6.07 Å². The molecule has 0 saturated carbocycles. The van der Waals surface area contributed by atoms with E-state index in [4.69, 9.17) is 5.11 Å². The lowest BCUT2D eigenvalue weighted by molar-refractivity contribution is 0.273. The number of hydrogen-bond acceptors (Lipinski definition) is 4. The van der Waals surface area contributed by atoms with Crippen molar-refractivity contribution in [2.24, 2.45) is 0 Å². The second-order valence-corrected chi connectivity index (χ2v) is 5.34. The molecule has 0 fully saturated rings. The Kier molecular flexibility index (Phi) is 7.47. The third-order valence-corrected chi connectivity index (χ3v) is 3.91. The number of aromatic hydroxyl groups is 1. The van der Waals surface area contributed by atoms with E-state index in [0.717, 1.165) is 44.6 Å². The number of aliphatic hydroxyl groups excluding tert-OH is 1. The van der Waals surface area contributed by atoms with Crippen molar-refractivity contribution in [1.82, 2.24) is 9.47 Å². The molecule has 0 aliphatic rings. The van der Waals surface area contributed by atoms with Gasteiger partial charge in [-0.1, -0.05) is 13.8 Å². The monoisotopic (exact) mass is 296 g/mol. The molecule has 0 radical (unpaired) electrons. The van der Waals surface area contributed by atoms with E-state index in [2.05, 4.69) is 18.7 Å². The molecule has 0 saturated heterocycles. The molecule has 0 aliphatic heterocycles. The zero-order valence-corrected chi connectivity index (χ0v) is 13.4. The molecule has 1 aromatic rings. The highest BCUT2D eigenvalue weighted by Gasteiger charge is 2.15. The summed E-state index contributed by atoms with van der Waals surface area (Å²) >= 11 is 0. The van der Waals surface area contributed by atoms with E-state index < -0.39 is 0 Å². The standard InChI is InChI=1S/C16H28N2O3/c1-4-17(5-2)12-14-16(21)15(20)11-13(3)18(14)9-7-6-8-10-19/h11,19,21H,4-10,12H2,1-3H3. The summed E-state index contributed by atoms with van der Waals surface area (Å²) < 4.78 is 2.03. The lowest BCUT2D eigenvalue weighted by Crippen LogP contribution is -2.27. The van der Waals surface area contributed by atoms with Crippen molar-refractivity contribution in [1.29, 1.82) is 0 Å². The van der Waals surface area contributed by atoms with Gasteiger partial charge in [0.2, 0.25) is 5.43 Å². The summed E-state index contributed by atoms with van der Waals surface area (Å²) in [6, 6.07) is 1.49. The molecule has 0 atom stereocenters. The molecule has 0 bridgehead atoms. The van der Waals surface area contributed by atoms with Gasteiger partial charge < -0.3 is 14.8 Å². The summed E-state index contributed by atoms with van der Waals surface area (Å²) in [5, 5.41) is 19.0. The number of unbranched alkanes of at least 4 members (excludes halogenated alkanes) is 2. The fourth-order valence-corrected chi connectivity index (χ4v) is 2.51. The van der Waals surface area contributed by atoms with Gasteiger partial charge in [0, 0.05) is 31.5 Å². The van der Waals surface area contributed by atoms with Crippen molar-refractivity contribution >= 4 is 0 Å². The van der Waals surface area contributed by atoms with Crippen LogP contribution in [-0.4, -0.2) is 39.4 Å². The van der Waals surface area contributed by atoms with Gasteiger partial charge in [-0.3, -0.25) is 9.69 Å². The van der Waals surface area contributed by atoms with E-state index in [1.807, 2.05) is 11.5 Å². The second kappa shape index (κ2) is 8.85. The highest BCUT2D eigenvalue weighted by atomic mass is 16.3. The van der Waals surface area contributed by atoms with Gasteiger partial charge in [0.1, 0.15) is 0 Å². The van der Waals surface area contributed by atoms with Gasteiger partial charge in [-0.05, 0) is 39.3 Å². The molecular weight excluding hydrogens is 268 g/mol. The Bertz CT molecular complexity index is 493. The van der Waals surface area contributed by atoms with Gasteiger partial charge in [-0.25, -0.2) is 0 Å². The normalized spacial score (nSPS) is 11.3. The third kappa shape index (κ3) is 4.86. The SMILES string of the molecule is CCN(CC)Cc1c(O)c(=O)cc(C)n1CCCCCO. The third-order valence-electron chi connectivity index (χ3n) is 3.91. The average molecular weight is 296 g/mol. The molecule has 21 heavy (non-hydrogen) atoms. The molecule has 120 valence electrons. The first-order valence-corrected chi connectivity index (χ1v) is 7.80. The van der Waals surface area contributed by atoms with Gasteiger partial charge in [-0.15, -0.1) is 0 Å². The van der Waals surface area contributed by atoms with Gasteiger partial charge in [0.15, 0.2) is 5.75 Å². The Balaban J connectivity index is 3.03. The molecule has 1 heterocycles. The molecule has 0 amide bonds. The Morgan fingerprint density at radius 1 is 1.19 bits per heavy atom. The van der Waals surface area contributed by atoms with Crippen molar-refractivity contribution in [2.75, 3.05) is 19.7 Å².